The molecule has 11 heteroatoms. The van der Waals surface area contributed by atoms with Crippen LogP contribution in [0.1, 0.15) is 17.8 Å². The monoisotopic (exact) mass is 387 g/mol. The van der Waals surface area contributed by atoms with E-state index >= 15 is 0 Å². The average Bonchev–Trinajstić information content (AvgIpc) is 3.19. The zero-order valence-electron chi connectivity index (χ0n) is 12.5. The van der Waals surface area contributed by atoms with Gasteiger partial charge in [0, 0.05) is 17.1 Å². The highest BCUT2D eigenvalue weighted by Crippen LogP contribution is 2.41. The minimum atomic E-state index is -4.73. The Bertz CT molecular complexity index is 1130. The molecular weight excluding hydrogens is 381 g/mol. The van der Waals surface area contributed by atoms with Gasteiger partial charge in [-0.2, -0.15) is 18.3 Å². The molecule has 5 nitrogen and oxygen atoms in total. The predicted octanol–water partition coefficient (Wildman–Crippen LogP) is 4.88. The summed E-state index contributed by atoms with van der Waals surface area (Å²) < 4.78 is 67.3. The molecule has 4 rings (SSSR count). The van der Waals surface area contributed by atoms with Crippen molar-refractivity contribution in [3.8, 4) is 11.1 Å². The number of benzene rings is 1. The minimum absolute atomic E-state index is 0.0649. The van der Waals surface area contributed by atoms with Gasteiger partial charge in [-0.15, -0.1) is 5.10 Å². The van der Waals surface area contributed by atoms with E-state index in [-0.39, 0.29) is 21.8 Å². The summed E-state index contributed by atoms with van der Waals surface area (Å²) >= 11 is 6.11. The highest BCUT2D eigenvalue weighted by molar-refractivity contribution is 6.35. The topological polar surface area (TPSA) is 58.9 Å². The van der Waals surface area contributed by atoms with E-state index in [9.17, 15) is 22.0 Å². The summed E-state index contributed by atoms with van der Waals surface area (Å²) in [6.45, 7) is 0. The summed E-state index contributed by atoms with van der Waals surface area (Å²) in [6, 6.07) is 3.48. The number of aromatic amines is 1. The molecule has 0 spiro atoms. The van der Waals surface area contributed by atoms with Crippen LogP contribution < -0.4 is 0 Å². The van der Waals surface area contributed by atoms with Gasteiger partial charge in [-0.25, -0.2) is 18.3 Å². The fourth-order valence-corrected chi connectivity index (χ4v) is 3.00. The molecule has 0 atom stereocenters. The number of fused-ring (bicyclic) bond motifs is 2. The van der Waals surface area contributed by atoms with Gasteiger partial charge in [0.2, 0.25) is 5.82 Å². The zero-order valence-corrected chi connectivity index (χ0v) is 13.3. The third-order valence-corrected chi connectivity index (χ3v) is 4.11. The molecule has 134 valence electrons. The van der Waals surface area contributed by atoms with Gasteiger partial charge in [0.25, 0.3) is 6.43 Å². The van der Waals surface area contributed by atoms with Crippen molar-refractivity contribution in [3.63, 3.8) is 0 Å². The lowest BCUT2D eigenvalue weighted by molar-refractivity contribution is -0.137. The maximum Gasteiger partial charge on any atom is 0.417 e. The first kappa shape index (κ1) is 16.7. The molecular formula is C15H7ClF5N5. The second kappa shape index (κ2) is 5.63. The highest BCUT2D eigenvalue weighted by Gasteiger charge is 2.36. The minimum Gasteiger partial charge on any atom is -0.276 e. The number of rotatable bonds is 2. The molecule has 0 aliphatic rings. The maximum atomic E-state index is 13.5. The standard InChI is InChI=1S/C15H7ClF5N5/c16-9-4-6(3-7-5-22-24-11(7)9)10-8(15(19,20)21)1-2-26-14(10)23-13(25-26)12(17)18/h1-5,12H,(H,22,24). The van der Waals surface area contributed by atoms with E-state index in [2.05, 4.69) is 20.3 Å². The number of halogens is 6. The van der Waals surface area contributed by atoms with Crippen LogP contribution in [0.3, 0.4) is 0 Å². The number of aromatic nitrogens is 5. The quantitative estimate of drug-likeness (QED) is 0.499. The lowest BCUT2D eigenvalue weighted by Gasteiger charge is -2.14. The van der Waals surface area contributed by atoms with Crippen molar-refractivity contribution in [3.05, 3.63) is 47.0 Å². The molecule has 0 unspecified atom stereocenters. The number of nitrogens with one attached hydrogen (secondary N) is 1. The van der Waals surface area contributed by atoms with Crippen molar-refractivity contribution in [1.82, 2.24) is 24.8 Å². The molecule has 0 aliphatic carbocycles. The van der Waals surface area contributed by atoms with Gasteiger partial charge in [-0.1, -0.05) is 11.6 Å². The molecule has 1 N–H and O–H groups in total. The van der Waals surface area contributed by atoms with Crippen molar-refractivity contribution in [2.24, 2.45) is 0 Å². The second-order valence-corrected chi connectivity index (χ2v) is 5.84. The number of hydrogen-bond acceptors (Lipinski definition) is 3. The Morgan fingerprint density at radius 2 is 1.96 bits per heavy atom. The van der Waals surface area contributed by atoms with E-state index < -0.39 is 24.0 Å². The van der Waals surface area contributed by atoms with Crippen LogP contribution in [0.25, 0.3) is 27.7 Å². The van der Waals surface area contributed by atoms with Crippen LogP contribution in [0, 0.1) is 0 Å². The number of hydrogen-bond donors (Lipinski definition) is 1. The van der Waals surface area contributed by atoms with E-state index in [0.717, 1.165) is 16.8 Å². The van der Waals surface area contributed by atoms with Crippen LogP contribution in [0.15, 0.2) is 30.6 Å². The SMILES string of the molecule is FC(F)c1nc2c(-c3cc(Cl)c4[nH]ncc4c3)c(C(F)(F)F)ccn2n1. The van der Waals surface area contributed by atoms with Gasteiger partial charge in [-0.3, -0.25) is 5.10 Å². The molecule has 26 heavy (non-hydrogen) atoms. The highest BCUT2D eigenvalue weighted by atomic mass is 35.5. The van der Waals surface area contributed by atoms with Crippen LogP contribution in [-0.2, 0) is 6.18 Å². The summed E-state index contributed by atoms with van der Waals surface area (Å²) in [6.07, 6.45) is -5.41. The van der Waals surface area contributed by atoms with Gasteiger partial charge in [0.05, 0.1) is 22.3 Å². The smallest absolute Gasteiger partial charge is 0.276 e. The largest absolute Gasteiger partial charge is 0.417 e. The number of H-pyrrole nitrogens is 1. The number of pyridine rings is 1. The first-order valence-electron chi connectivity index (χ1n) is 7.13. The van der Waals surface area contributed by atoms with Gasteiger partial charge < -0.3 is 0 Å². The summed E-state index contributed by atoms with van der Waals surface area (Å²) in [4.78, 5) is 3.60. The number of alkyl halides is 5. The van der Waals surface area contributed by atoms with Gasteiger partial charge in [0.1, 0.15) is 0 Å². The van der Waals surface area contributed by atoms with Gasteiger partial charge in [0.15, 0.2) is 5.65 Å². The fraction of sp³-hybridized carbons (Fsp3) is 0.133. The van der Waals surface area contributed by atoms with Crippen LogP contribution >= 0.6 is 11.6 Å². The molecule has 0 saturated heterocycles. The molecule has 0 fully saturated rings. The molecule has 0 bridgehead atoms. The molecule has 0 radical (unpaired) electrons. The van der Waals surface area contributed by atoms with Crippen molar-refractivity contribution >= 4 is 28.2 Å². The lowest BCUT2D eigenvalue weighted by atomic mass is 9.99. The second-order valence-electron chi connectivity index (χ2n) is 5.43. The fourth-order valence-electron chi connectivity index (χ4n) is 2.73. The van der Waals surface area contributed by atoms with Gasteiger partial charge >= 0.3 is 6.18 Å². The Hall–Kier alpha value is -2.75. The molecule has 3 heterocycles. The van der Waals surface area contributed by atoms with Crippen LogP contribution in [0.4, 0.5) is 22.0 Å². The first-order valence-corrected chi connectivity index (χ1v) is 7.51. The van der Waals surface area contributed by atoms with Crippen molar-refractivity contribution in [2.45, 2.75) is 12.6 Å². The number of nitrogens with zero attached hydrogens (tertiary/aromatic N) is 4. The Labute approximate surface area is 146 Å². The van der Waals surface area contributed by atoms with E-state index in [4.69, 9.17) is 11.6 Å². The normalized spacial score (nSPS) is 12.6. The molecule has 0 aliphatic heterocycles. The summed E-state index contributed by atoms with van der Waals surface area (Å²) in [7, 11) is 0. The van der Waals surface area contributed by atoms with Crippen LogP contribution in [-0.4, -0.2) is 24.8 Å². The van der Waals surface area contributed by atoms with Crippen molar-refractivity contribution < 1.29 is 22.0 Å². The van der Waals surface area contributed by atoms with Gasteiger partial charge in [-0.05, 0) is 23.8 Å². The molecule has 0 amide bonds. The predicted molar refractivity (Wildman–Crippen MR) is 83.0 cm³/mol. The molecule has 3 aromatic heterocycles. The maximum absolute atomic E-state index is 13.5. The third kappa shape index (κ3) is 2.57. The van der Waals surface area contributed by atoms with Crippen molar-refractivity contribution in [1.29, 1.82) is 0 Å². The molecule has 1 aromatic carbocycles. The average molecular weight is 388 g/mol. The van der Waals surface area contributed by atoms with Crippen LogP contribution in [0.2, 0.25) is 5.02 Å². The summed E-state index contributed by atoms with van der Waals surface area (Å²) in [5.41, 5.74) is -1.24. The van der Waals surface area contributed by atoms with E-state index in [1.54, 1.807) is 0 Å². The zero-order chi connectivity index (χ0) is 18.6. The van der Waals surface area contributed by atoms with E-state index in [1.807, 2.05) is 0 Å². The third-order valence-electron chi connectivity index (χ3n) is 3.81. The molecule has 0 saturated carbocycles. The molecule has 4 aromatic rings. The Kier molecular flexibility index (Phi) is 3.62. The Morgan fingerprint density at radius 3 is 2.65 bits per heavy atom. The Morgan fingerprint density at radius 1 is 1.19 bits per heavy atom. The lowest BCUT2D eigenvalue weighted by Crippen LogP contribution is -2.09. The Balaban J connectivity index is 2.09. The van der Waals surface area contributed by atoms with Crippen molar-refractivity contribution in [2.75, 3.05) is 0 Å². The van der Waals surface area contributed by atoms with E-state index in [0.29, 0.717) is 10.9 Å². The van der Waals surface area contributed by atoms with Crippen LogP contribution in [0.5, 0.6) is 0 Å². The van der Waals surface area contributed by atoms with E-state index in [1.165, 1.54) is 18.3 Å². The summed E-state index contributed by atoms with van der Waals surface area (Å²) in [5.74, 6) is -0.860. The summed E-state index contributed by atoms with van der Waals surface area (Å²) in [5, 5.41) is 10.6. The first-order chi connectivity index (χ1) is 12.3.